The monoisotopic (exact) mass is 559 g/mol. The van der Waals surface area contributed by atoms with Crippen molar-refractivity contribution in [3.05, 3.63) is 78.6 Å². The van der Waals surface area contributed by atoms with E-state index in [1.165, 1.54) is 24.3 Å². The first kappa shape index (κ1) is 26.3. The van der Waals surface area contributed by atoms with E-state index in [1.54, 1.807) is 35.5 Å². The van der Waals surface area contributed by atoms with Crippen LogP contribution >= 0.6 is 0 Å². The Morgan fingerprint density at radius 2 is 1.49 bits per heavy atom. The van der Waals surface area contributed by atoms with Gasteiger partial charge in [-0.3, -0.25) is 4.72 Å². The van der Waals surface area contributed by atoms with Gasteiger partial charge in [-0.25, -0.2) is 32.7 Å². The Labute approximate surface area is 222 Å². The summed E-state index contributed by atoms with van der Waals surface area (Å²) < 4.78 is 80.6. The van der Waals surface area contributed by atoms with E-state index >= 15 is 0 Å². The lowest BCUT2D eigenvalue weighted by Crippen LogP contribution is -2.47. The molecule has 39 heavy (non-hydrogen) atoms. The van der Waals surface area contributed by atoms with Crippen molar-refractivity contribution in [3.8, 4) is 22.4 Å². The Kier molecular flexibility index (Phi) is 7.28. The fraction of sp³-hybridized carbons (Fsp3) is 0.200. The Hall–Kier alpha value is -4.33. The zero-order chi connectivity index (χ0) is 27.6. The van der Waals surface area contributed by atoms with E-state index in [0.717, 1.165) is 12.1 Å². The van der Waals surface area contributed by atoms with Gasteiger partial charge in [0.25, 0.3) is 0 Å². The minimum atomic E-state index is -4.86. The van der Waals surface area contributed by atoms with Gasteiger partial charge >= 0.3 is 6.18 Å². The van der Waals surface area contributed by atoms with Crippen LogP contribution in [0, 0.1) is 5.82 Å². The van der Waals surface area contributed by atoms with Crippen LogP contribution in [0.5, 0.6) is 0 Å². The topological polar surface area (TPSA) is 104 Å². The molecule has 14 heteroatoms. The molecule has 0 amide bonds. The van der Waals surface area contributed by atoms with E-state index in [9.17, 15) is 26.0 Å². The molecule has 0 saturated carbocycles. The number of alkyl halides is 3. The summed E-state index contributed by atoms with van der Waals surface area (Å²) >= 11 is 0. The molecule has 3 heterocycles. The van der Waals surface area contributed by atoms with Crippen molar-refractivity contribution in [2.75, 3.05) is 40.7 Å². The average molecular weight is 560 g/mol. The van der Waals surface area contributed by atoms with E-state index in [-0.39, 0.29) is 28.3 Å². The summed E-state index contributed by atoms with van der Waals surface area (Å²) in [4.78, 5) is 19.9. The summed E-state index contributed by atoms with van der Waals surface area (Å²) in [6, 6.07) is 12.8. The lowest BCUT2D eigenvalue weighted by Gasteiger charge is -2.36. The Morgan fingerprint density at radius 3 is 2.13 bits per heavy atom. The number of benzene rings is 2. The molecular weight excluding hydrogens is 538 g/mol. The molecule has 9 nitrogen and oxygen atoms in total. The maximum atomic E-state index is 14.0. The van der Waals surface area contributed by atoms with Crippen LogP contribution < -0.4 is 14.5 Å². The van der Waals surface area contributed by atoms with Crippen LogP contribution in [0.2, 0.25) is 0 Å². The molecule has 0 bridgehead atoms. The van der Waals surface area contributed by atoms with E-state index in [4.69, 9.17) is 0 Å². The van der Waals surface area contributed by atoms with Crippen LogP contribution in [-0.2, 0) is 17.1 Å². The largest absolute Gasteiger partial charge is 0.451 e. The molecule has 2 aromatic carbocycles. The standard InChI is InChI=1S/C25H21F4N7O2S/c26-18-7-5-16(6-8-18)21-20(17-3-1-4-19(15-17)34-39(37)38)22(33-23(32-21)25(27,28)29)35-11-13-36(14-12-35)24-30-9-2-10-31-24/h1-10,15,39H,11-14H2,(H,34,37,38). The predicted octanol–water partition coefficient (Wildman–Crippen LogP) is 4.02. The molecule has 2 aromatic heterocycles. The third kappa shape index (κ3) is 5.90. The minimum Gasteiger partial charge on any atom is -0.352 e. The number of nitrogens with zero attached hydrogens (tertiary/aromatic N) is 6. The number of hydrogen-bond donors (Lipinski definition) is 2. The predicted molar refractivity (Wildman–Crippen MR) is 138 cm³/mol. The molecule has 1 aliphatic heterocycles. The van der Waals surface area contributed by atoms with Crippen molar-refractivity contribution in [2.45, 2.75) is 6.18 Å². The highest BCUT2D eigenvalue weighted by Crippen LogP contribution is 2.41. The summed E-state index contributed by atoms with van der Waals surface area (Å²) in [5.74, 6) is -1.37. The molecule has 0 radical (unpaired) electrons. The number of aromatic nitrogens is 4. The van der Waals surface area contributed by atoms with Gasteiger partial charge in [-0.1, -0.05) is 12.1 Å². The number of hydrogen-bond acceptors (Lipinski definition) is 8. The molecule has 1 saturated heterocycles. The quantitative estimate of drug-likeness (QED) is 0.270. The highest BCUT2D eigenvalue weighted by Gasteiger charge is 2.38. The molecule has 0 unspecified atom stereocenters. The maximum Gasteiger partial charge on any atom is 0.451 e. The van der Waals surface area contributed by atoms with Gasteiger partial charge in [-0.05, 0) is 48.0 Å². The van der Waals surface area contributed by atoms with Gasteiger partial charge in [0.2, 0.25) is 22.7 Å². The second-order valence-corrected chi connectivity index (χ2v) is 9.31. The summed E-state index contributed by atoms with van der Waals surface area (Å²) in [7, 11) is -2.98. The number of anilines is 3. The van der Waals surface area contributed by atoms with Gasteiger partial charge in [0.05, 0.1) is 11.3 Å². The first-order chi connectivity index (χ1) is 18.7. The van der Waals surface area contributed by atoms with Crippen LogP contribution in [0.1, 0.15) is 5.82 Å². The summed E-state index contributed by atoms with van der Waals surface area (Å²) in [5.41, 5.74) is 1.03. The first-order valence-corrected chi connectivity index (χ1v) is 12.9. The van der Waals surface area contributed by atoms with Gasteiger partial charge in [-0.15, -0.1) is 0 Å². The van der Waals surface area contributed by atoms with Gasteiger partial charge < -0.3 is 9.80 Å². The fourth-order valence-corrected chi connectivity index (χ4v) is 4.66. The summed E-state index contributed by atoms with van der Waals surface area (Å²) in [6.45, 7) is 1.43. The van der Waals surface area contributed by atoms with Crippen LogP contribution in [-0.4, -0.2) is 54.5 Å². The second-order valence-electron chi connectivity index (χ2n) is 8.57. The van der Waals surface area contributed by atoms with E-state index in [1.807, 2.05) is 4.90 Å². The average Bonchev–Trinajstić information content (AvgIpc) is 2.93. The molecule has 0 atom stereocenters. The van der Waals surface area contributed by atoms with Crippen molar-refractivity contribution in [1.82, 2.24) is 19.9 Å². The molecule has 0 spiro atoms. The Bertz CT molecular complexity index is 1530. The Morgan fingerprint density at radius 1 is 0.821 bits per heavy atom. The van der Waals surface area contributed by atoms with Gasteiger partial charge in [0, 0.05) is 49.8 Å². The minimum absolute atomic E-state index is 0.0222. The van der Waals surface area contributed by atoms with Gasteiger partial charge in [0.15, 0.2) is 0 Å². The highest BCUT2D eigenvalue weighted by atomic mass is 32.2. The third-order valence-corrected chi connectivity index (χ3v) is 6.49. The second kappa shape index (κ2) is 10.8. The molecule has 4 aromatic rings. The molecular formula is C25H21F4N7O2S. The number of halogens is 4. The number of nitrogens with one attached hydrogen (secondary N) is 1. The first-order valence-electron chi connectivity index (χ1n) is 11.7. The summed E-state index contributed by atoms with van der Waals surface area (Å²) in [5, 5.41) is 0. The van der Waals surface area contributed by atoms with E-state index < -0.39 is 28.7 Å². The zero-order valence-corrected chi connectivity index (χ0v) is 21.0. The van der Waals surface area contributed by atoms with E-state index in [0.29, 0.717) is 37.7 Å². The van der Waals surface area contributed by atoms with E-state index in [2.05, 4.69) is 24.7 Å². The SMILES string of the molecule is O=[SH](=O)Nc1cccc(-c2c(-c3ccc(F)cc3)nc(C(F)(F)F)nc2N2CCN(c3ncccn3)CC2)c1. The Balaban J connectivity index is 1.66. The van der Waals surface area contributed by atoms with Crippen molar-refractivity contribution in [3.63, 3.8) is 0 Å². The molecule has 0 aliphatic carbocycles. The lowest BCUT2D eigenvalue weighted by atomic mass is 9.98. The van der Waals surface area contributed by atoms with Gasteiger partial charge in [-0.2, -0.15) is 13.2 Å². The maximum absolute atomic E-state index is 14.0. The van der Waals surface area contributed by atoms with Crippen LogP contribution in [0.25, 0.3) is 22.4 Å². The smallest absolute Gasteiger partial charge is 0.352 e. The molecule has 202 valence electrons. The third-order valence-electron chi connectivity index (χ3n) is 6.05. The van der Waals surface area contributed by atoms with Crippen LogP contribution in [0.3, 0.4) is 0 Å². The molecule has 5 rings (SSSR count). The highest BCUT2D eigenvalue weighted by molar-refractivity contribution is 7.73. The molecule has 1 fully saturated rings. The zero-order valence-electron chi connectivity index (χ0n) is 20.1. The van der Waals surface area contributed by atoms with Crippen molar-refractivity contribution >= 4 is 28.3 Å². The summed E-state index contributed by atoms with van der Waals surface area (Å²) in [6.07, 6.45) is -1.64. The molecule has 1 aliphatic rings. The fourth-order valence-electron chi connectivity index (χ4n) is 4.31. The molecule has 1 N–H and O–H groups in total. The van der Waals surface area contributed by atoms with Crippen LogP contribution in [0.4, 0.5) is 35.0 Å². The lowest BCUT2D eigenvalue weighted by molar-refractivity contribution is -0.144. The van der Waals surface area contributed by atoms with Gasteiger partial charge in [0.1, 0.15) is 11.6 Å². The van der Waals surface area contributed by atoms with Crippen molar-refractivity contribution in [1.29, 1.82) is 0 Å². The number of rotatable bonds is 6. The normalized spacial score (nSPS) is 14.1. The van der Waals surface area contributed by atoms with Crippen LogP contribution in [0.15, 0.2) is 67.0 Å². The number of thiol groups is 1. The number of piperazine rings is 1. The van der Waals surface area contributed by atoms with Crippen molar-refractivity contribution in [2.24, 2.45) is 0 Å². The van der Waals surface area contributed by atoms with Crippen molar-refractivity contribution < 1.29 is 26.0 Å².